The number of amides is 2. The number of carbonyl (C=O) groups excluding carboxylic acids is 2. The summed E-state index contributed by atoms with van der Waals surface area (Å²) in [6, 6.07) is 11.6. The van der Waals surface area contributed by atoms with E-state index in [1.165, 1.54) is 0 Å². The SMILES string of the molecule is CC(NCC(=O)Nc1ccccc1C(N)=O)c1ccc(Cl)cc1Cl. The number of nitrogens with two attached hydrogens (primary N) is 1. The van der Waals surface area contributed by atoms with Crippen molar-refractivity contribution in [3.63, 3.8) is 0 Å². The highest BCUT2D eigenvalue weighted by molar-refractivity contribution is 6.35. The van der Waals surface area contributed by atoms with Crippen LogP contribution in [0, 0.1) is 0 Å². The van der Waals surface area contributed by atoms with E-state index in [2.05, 4.69) is 10.6 Å². The lowest BCUT2D eigenvalue weighted by atomic mass is 10.1. The fourth-order valence-corrected chi connectivity index (χ4v) is 2.78. The summed E-state index contributed by atoms with van der Waals surface area (Å²) in [5.74, 6) is -0.888. The van der Waals surface area contributed by atoms with Crippen molar-refractivity contribution in [3.8, 4) is 0 Å². The maximum absolute atomic E-state index is 12.1. The molecular formula is C17H17Cl2N3O2. The molecule has 2 rings (SSSR count). The van der Waals surface area contributed by atoms with E-state index in [1.807, 2.05) is 13.0 Å². The van der Waals surface area contributed by atoms with E-state index in [-0.39, 0.29) is 24.1 Å². The summed E-state index contributed by atoms with van der Waals surface area (Å²) in [5, 5.41) is 6.82. The van der Waals surface area contributed by atoms with Crippen LogP contribution in [0.3, 0.4) is 0 Å². The van der Waals surface area contributed by atoms with E-state index in [1.54, 1.807) is 36.4 Å². The van der Waals surface area contributed by atoms with Crippen molar-refractivity contribution >= 4 is 40.7 Å². The first-order chi connectivity index (χ1) is 11.4. The largest absolute Gasteiger partial charge is 0.366 e. The lowest BCUT2D eigenvalue weighted by Gasteiger charge is -2.16. The second-order valence-corrected chi connectivity index (χ2v) is 6.07. The Balaban J connectivity index is 1.97. The number of hydrogen-bond donors (Lipinski definition) is 3. The maximum atomic E-state index is 12.1. The van der Waals surface area contributed by atoms with E-state index in [0.717, 1.165) is 5.56 Å². The van der Waals surface area contributed by atoms with E-state index in [0.29, 0.717) is 15.7 Å². The first kappa shape index (κ1) is 18.3. The molecule has 0 aromatic heterocycles. The molecule has 1 unspecified atom stereocenters. The number of halogens is 2. The van der Waals surface area contributed by atoms with Gasteiger partial charge in [0.25, 0.3) is 5.91 Å². The van der Waals surface area contributed by atoms with Crippen LogP contribution in [0.2, 0.25) is 10.0 Å². The average Bonchev–Trinajstić information content (AvgIpc) is 2.53. The van der Waals surface area contributed by atoms with Crippen LogP contribution in [0.5, 0.6) is 0 Å². The topological polar surface area (TPSA) is 84.2 Å². The summed E-state index contributed by atoms with van der Waals surface area (Å²) in [5.41, 5.74) is 6.77. The highest BCUT2D eigenvalue weighted by Gasteiger charge is 2.13. The standard InChI is InChI=1S/C17H17Cl2N3O2/c1-10(12-7-6-11(18)8-14(12)19)21-9-16(23)22-15-5-3-2-4-13(15)17(20)24/h2-8,10,21H,9H2,1H3,(H2,20,24)(H,22,23). The number of benzene rings is 2. The fourth-order valence-electron chi connectivity index (χ4n) is 2.21. The first-order valence-corrected chi connectivity index (χ1v) is 8.01. The lowest BCUT2D eigenvalue weighted by molar-refractivity contribution is -0.115. The summed E-state index contributed by atoms with van der Waals surface area (Å²) in [6.07, 6.45) is 0. The van der Waals surface area contributed by atoms with Gasteiger partial charge in [0.15, 0.2) is 0 Å². The van der Waals surface area contributed by atoms with Crippen molar-refractivity contribution in [2.75, 3.05) is 11.9 Å². The van der Waals surface area contributed by atoms with Crippen LogP contribution in [0.4, 0.5) is 5.69 Å². The third-order valence-corrected chi connectivity index (χ3v) is 4.03. The van der Waals surface area contributed by atoms with Gasteiger partial charge in [0.2, 0.25) is 5.91 Å². The van der Waals surface area contributed by atoms with Gasteiger partial charge >= 0.3 is 0 Å². The van der Waals surface area contributed by atoms with Crippen LogP contribution in [0.1, 0.15) is 28.9 Å². The number of anilines is 1. The Labute approximate surface area is 150 Å². The number of carbonyl (C=O) groups is 2. The zero-order valence-corrected chi connectivity index (χ0v) is 14.5. The molecule has 4 N–H and O–H groups in total. The van der Waals surface area contributed by atoms with Crippen molar-refractivity contribution in [3.05, 3.63) is 63.6 Å². The molecule has 1 atom stereocenters. The van der Waals surface area contributed by atoms with E-state index in [4.69, 9.17) is 28.9 Å². The Bertz CT molecular complexity index is 765. The highest BCUT2D eigenvalue weighted by atomic mass is 35.5. The molecule has 0 bridgehead atoms. The lowest BCUT2D eigenvalue weighted by Crippen LogP contribution is -2.31. The number of nitrogens with one attached hydrogen (secondary N) is 2. The van der Waals surface area contributed by atoms with Gasteiger partial charge in [0, 0.05) is 16.1 Å². The molecule has 0 saturated heterocycles. The zero-order chi connectivity index (χ0) is 17.7. The van der Waals surface area contributed by atoms with Gasteiger partial charge in [-0.1, -0.05) is 41.4 Å². The fraction of sp³-hybridized carbons (Fsp3) is 0.176. The molecule has 2 aromatic rings. The highest BCUT2D eigenvalue weighted by Crippen LogP contribution is 2.26. The van der Waals surface area contributed by atoms with Gasteiger partial charge in [-0.3, -0.25) is 9.59 Å². The Kier molecular flexibility index (Phi) is 6.20. The molecule has 5 nitrogen and oxygen atoms in total. The molecule has 0 aliphatic heterocycles. The molecule has 7 heteroatoms. The number of rotatable bonds is 6. The van der Waals surface area contributed by atoms with E-state index in [9.17, 15) is 9.59 Å². The van der Waals surface area contributed by atoms with Crippen molar-refractivity contribution < 1.29 is 9.59 Å². The predicted octanol–water partition coefficient (Wildman–Crippen LogP) is 3.38. The van der Waals surface area contributed by atoms with Gasteiger partial charge in [-0.25, -0.2) is 0 Å². The molecule has 0 aliphatic carbocycles. The molecule has 0 aliphatic rings. The predicted molar refractivity (Wildman–Crippen MR) is 96.5 cm³/mol. The summed E-state index contributed by atoms with van der Waals surface area (Å²) >= 11 is 12.0. The number of para-hydroxylation sites is 1. The van der Waals surface area contributed by atoms with Gasteiger partial charge in [-0.2, -0.15) is 0 Å². The second kappa shape index (κ2) is 8.15. The monoisotopic (exact) mass is 365 g/mol. The van der Waals surface area contributed by atoms with Crippen LogP contribution in [0.15, 0.2) is 42.5 Å². The minimum absolute atomic E-state index is 0.0488. The van der Waals surface area contributed by atoms with Gasteiger partial charge in [0.1, 0.15) is 0 Å². The molecule has 0 saturated carbocycles. The zero-order valence-electron chi connectivity index (χ0n) is 13.0. The quantitative estimate of drug-likeness (QED) is 0.733. The Morgan fingerprint density at radius 2 is 1.88 bits per heavy atom. The Morgan fingerprint density at radius 1 is 1.17 bits per heavy atom. The van der Waals surface area contributed by atoms with E-state index < -0.39 is 5.91 Å². The van der Waals surface area contributed by atoms with Gasteiger partial charge in [0.05, 0.1) is 17.8 Å². The Hall–Kier alpha value is -2.08. The molecule has 2 aromatic carbocycles. The van der Waals surface area contributed by atoms with Crippen LogP contribution >= 0.6 is 23.2 Å². The van der Waals surface area contributed by atoms with Gasteiger partial charge in [-0.05, 0) is 36.8 Å². The second-order valence-electron chi connectivity index (χ2n) is 5.23. The first-order valence-electron chi connectivity index (χ1n) is 7.25. The summed E-state index contributed by atoms with van der Waals surface area (Å²) in [4.78, 5) is 23.4. The summed E-state index contributed by atoms with van der Waals surface area (Å²) in [6.45, 7) is 1.94. The molecule has 0 fully saturated rings. The van der Waals surface area contributed by atoms with Crippen LogP contribution in [-0.4, -0.2) is 18.4 Å². The third kappa shape index (κ3) is 4.71. The van der Waals surface area contributed by atoms with Crippen molar-refractivity contribution in [2.45, 2.75) is 13.0 Å². The smallest absolute Gasteiger partial charge is 0.250 e. The molecule has 126 valence electrons. The van der Waals surface area contributed by atoms with Gasteiger partial charge < -0.3 is 16.4 Å². The maximum Gasteiger partial charge on any atom is 0.250 e. The minimum atomic E-state index is -0.597. The van der Waals surface area contributed by atoms with Crippen LogP contribution in [0.25, 0.3) is 0 Å². The number of hydrogen-bond acceptors (Lipinski definition) is 3. The van der Waals surface area contributed by atoms with Crippen LogP contribution < -0.4 is 16.4 Å². The molecule has 0 radical (unpaired) electrons. The molecule has 24 heavy (non-hydrogen) atoms. The molecule has 2 amide bonds. The van der Waals surface area contributed by atoms with Crippen molar-refractivity contribution in [2.24, 2.45) is 5.73 Å². The summed E-state index contributed by atoms with van der Waals surface area (Å²) in [7, 11) is 0. The van der Waals surface area contributed by atoms with Crippen molar-refractivity contribution in [1.29, 1.82) is 0 Å². The van der Waals surface area contributed by atoms with E-state index >= 15 is 0 Å². The molecule has 0 spiro atoms. The van der Waals surface area contributed by atoms with Gasteiger partial charge in [-0.15, -0.1) is 0 Å². The Morgan fingerprint density at radius 3 is 2.54 bits per heavy atom. The third-order valence-electron chi connectivity index (χ3n) is 3.46. The minimum Gasteiger partial charge on any atom is -0.366 e. The molecular weight excluding hydrogens is 349 g/mol. The average molecular weight is 366 g/mol. The molecule has 0 heterocycles. The number of primary amides is 1. The van der Waals surface area contributed by atoms with Crippen molar-refractivity contribution in [1.82, 2.24) is 5.32 Å². The summed E-state index contributed by atoms with van der Waals surface area (Å²) < 4.78 is 0. The van der Waals surface area contributed by atoms with Crippen LogP contribution in [-0.2, 0) is 4.79 Å². The normalized spacial score (nSPS) is 11.8.